The van der Waals surface area contributed by atoms with Gasteiger partial charge in [-0.1, -0.05) is 0 Å². The van der Waals surface area contributed by atoms with Crippen molar-refractivity contribution in [2.45, 2.75) is 31.9 Å². The van der Waals surface area contributed by atoms with Gasteiger partial charge in [-0.25, -0.2) is 27.3 Å². The van der Waals surface area contributed by atoms with Crippen LogP contribution in [0.2, 0.25) is 0 Å². The summed E-state index contributed by atoms with van der Waals surface area (Å²) in [6, 6.07) is 1.35. The summed E-state index contributed by atoms with van der Waals surface area (Å²) in [4.78, 5) is 44.8. The summed E-state index contributed by atoms with van der Waals surface area (Å²) in [5, 5.41) is 7.85. The van der Waals surface area contributed by atoms with Gasteiger partial charge in [-0.2, -0.15) is 0 Å². The van der Waals surface area contributed by atoms with Gasteiger partial charge in [-0.15, -0.1) is 0 Å². The molecule has 3 aliphatic rings. The predicted octanol–water partition coefficient (Wildman–Crippen LogP) is 1.46. The van der Waals surface area contributed by atoms with Gasteiger partial charge in [0.05, 0.1) is 24.5 Å². The van der Waals surface area contributed by atoms with Gasteiger partial charge in [0.15, 0.2) is 17.5 Å². The molecule has 0 saturated carbocycles. The quantitative estimate of drug-likeness (QED) is 0.529. The van der Waals surface area contributed by atoms with E-state index in [1.807, 2.05) is 0 Å². The van der Waals surface area contributed by atoms with Crippen LogP contribution in [0.1, 0.15) is 28.3 Å². The standard InChI is InChI=1S/C22H23F4N7O3/c23-13-7-12-1-4-32(15(12)8-14(13)24)21(36)30-18-16-9-28-17(34)10-33(16)19(29-18)20(35)27-3-6-31-5-2-22(25,26)11-31/h7-8H,1-6,9-11H2,(H,27,35)(H,28,34)(H,30,36). The van der Waals surface area contributed by atoms with Crippen molar-refractivity contribution in [1.29, 1.82) is 0 Å². The Balaban J connectivity index is 1.30. The van der Waals surface area contributed by atoms with Crippen molar-refractivity contribution >= 4 is 29.4 Å². The topological polar surface area (TPSA) is 112 Å². The van der Waals surface area contributed by atoms with E-state index < -0.39 is 29.5 Å². The average molecular weight is 509 g/mol. The summed E-state index contributed by atoms with van der Waals surface area (Å²) < 4.78 is 55.4. The zero-order valence-corrected chi connectivity index (χ0v) is 19.0. The molecule has 1 saturated heterocycles. The maximum Gasteiger partial charge on any atom is 0.327 e. The first-order valence-corrected chi connectivity index (χ1v) is 11.4. The van der Waals surface area contributed by atoms with Gasteiger partial charge < -0.3 is 15.2 Å². The first kappa shape index (κ1) is 24.0. The minimum absolute atomic E-state index is 0.00795. The number of amides is 4. The third-order valence-corrected chi connectivity index (χ3v) is 6.48. The van der Waals surface area contributed by atoms with Crippen molar-refractivity contribution in [1.82, 2.24) is 25.1 Å². The number of imidazole rings is 1. The Morgan fingerprint density at radius 2 is 1.94 bits per heavy atom. The Morgan fingerprint density at radius 3 is 2.69 bits per heavy atom. The number of benzene rings is 1. The third kappa shape index (κ3) is 4.59. The molecule has 36 heavy (non-hydrogen) atoms. The van der Waals surface area contributed by atoms with E-state index in [-0.39, 0.29) is 75.5 Å². The smallest absolute Gasteiger partial charge is 0.327 e. The van der Waals surface area contributed by atoms with Crippen LogP contribution in [0.15, 0.2) is 12.1 Å². The molecule has 3 N–H and O–H groups in total. The van der Waals surface area contributed by atoms with E-state index in [1.54, 1.807) is 4.90 Å². The van der Waals surface area contributed by atoms with Gasteiger partial charge in [-0.05, 0) is 18.1 Å². The number of urea groups is 1. The predicted molar refractivity (Wildman–Crippen MR) is 119 cm³/mol. The number of hydrogen-bond acceptors (Lipinski definition) is 5. The fourth-order valence-electron chi connectivity index (χ4n) is 4.66. The van der Waals surface area contributed by atoms with Crippen LogP contribution < -0.4 is 20.9 Å². The van der Waals surface area contributed by atoms with Gasteiger partial charge in [0.2, 0.25) is 11.7 Å². The largest absolute Gasteiger partial charge is 0.349 e. The number of nitrogens with one attached hydrogen (secondary N) is 3. The van der Waals surface area contributed by atoms with E-state index in [4.69, 9.17) is 0 Å². The summed E-state index contributed by atoms with van der Waals surface area (Å²) in [5.74, 6) is -5.85. The van der Waals surface area contributed by atoms with Crippen LogP contribution in [0.25, 0.3) is 0 Å². The Labute approximate surface area is 202 Å². The molecule has 1 fully saturated rings. The zero-order chi connectivity index (χ0) is 25.6. The molecule has 0 bridgehead atoms. The Hall–Kier alpha value is -3.68. The van der Waals surface area contributed by atoms with Crippen molar-refractivity contribution in [3.05, 3.63) is 40.8 Å². The first-order chi connectivity index (χ1) is 17.1. The van der Waals surface area contributed by atoms with E-state index in [0.717, 1.165) is 12.1 Å². The van der Waals surface area contributed by atoms with Crippen molar-refractivity contribution in [3.8, 4) is 0 Å². The molecule has 0 spiro atoms. The lowest BCUT2D eigenvalue weighted by atomic mass is 10.1. The first-order valence-electron chi connectivity index (χ1n) is 11.4. The number of likely N-dealkylation sites (tertiary alicyclic amines) is 1. The molecule has 2 aromatic rings. The van der Waals surface area contributed by atoms with E-state index in [0.29, 0.717) is 17.7 Å². The summed E-state index contributed by atoms with van der Waals surface area (Å²) in [6.45, 7) is 0.189. The molecule has 0 radical (unpaired) electrons. The number of fused-ring (bicyclic) bond motifs is 2. The number of carbonyl (C=O) groups excluding carboxylic acids is 3. The summed E-state index contributed by atoms with van der Waals surface area (Å²) in [5.41, 5.74) is 1.11. The number of rotatable bonds is 5. The Morgan fingerprint density at radius 1 is 1.17 bits per heavy atom. The molecular weight excluding hydrogens is 486 g/mol. The molecule has 4 amide bonds. The molecule has 10 nitrogen and oxygen atoms in total. The molecule has 1 aromatic heterocycles. The third-order valence-electron chi connectivity index (χ3n) is 6.48. The average Bonchev–Trinajstić information content (AvgIpc) is 3.49. The molecule has 0 atom stereocenters. The normalized spacial score (nSPS) is 18.6. The maximum atomic E-state index is 13.8. The molecule has 0 unspecified atom stereocenters. The van der Waals surface area contributed by atoms with Crippen LogP contribution in [0, 0.1) is 11.6 Å². The lowest BCUT2D eigenvalue weighted by Gasteiger charge is -2.20. The fraction of sp³-hybridized carbons (Fsp3) is 0.455. The highest BCUT2D eigenvalue weighted by Gasteiger charge is 2.38. The maximum absolute atomic E-state index is 13.8. The number of nitrogens with zero attached hydrogens (tertiary/aromatic N) is 4. The summed E-state index contributed by atoms with van der Waals surface area (Å²) >= 11 is 0. The van der Waals surface area contributed by atoms with Gasteiger partial charge in [0.1, 0.15) is 6.54 Å². The number of aromatic nitrogens is 2. The lowest BCUT2D eigenvalue weighted by molar-refractivity contribution is -0.122. The second kappa shape index (κ2) is 9.08. The van der Waals surface area contributed by atoms with E-state index in [2.05, 4.69) is 20.9 Å². The van der Waals surface area contributed by atoms with Crippen molar-refractivity contribution in [2.75, 3.05) is 42.9 Å². The van der Waals surface area contributed by atoms with Gasteiger partial charge in [0, 0.05) is 38.7 Å². The lowest BCUT2D eigenvalue weighted by Crippen LogP contribution is -2.39. The van der Waals surface area contributed by atoms with Crippen LogP contribution in [-0.2, 0) is 24.3 Å². The molecule has 4 heterocycles. The van der Waals surface area contributed by atoms with Crippen LogP contribution in [-0.4, -0.2) is 70.9 Å². The number of anilines is 2. The molecule has 14 heteroatoms. The van der Waals surface area contributed by atoms with Crippen molar-refractivity contribution < 1.29 is 31.9 Å². The van der Waals surface area contributed by atoms with Crippen molar-refractivity contribution in [2.24, 2.45) is 0 Å². The number of alkyl halides is 2. The van der Waals surface area contributed by atoms with Crippen LogP contribution >= 0.6 is 0 Å². The molecule has 0 aliphatic carbocycles. The molecule has 192 valence electrons. The van der Waals surface area contributed by atoms with Gasteiger partial charge >= 0.3 is 6.03 Å². The number of carbonyl (C=O) groups is 3. The minimum Gasteiger partial charge on any atom is -0.349 e. The highest BCUT2D eigenvalue weighted by molar-refractivity contribution is 6.03. The highest BCUT2D eigenvalue weighted by Crippen LogP contribution is 2.31. The number of halogens is 4. The Kier molecular flexibility index (Phi) is 6.06. The van der Waals surface area contributed by atoms with Gasteiger partial charge in [0.25, 0.3) is 11.8 Å². The van der Waals surface area contributed by atoms with E-state index in [1.165, 1.54) is 9.47 Å². The summed E-state index contributed by atoms with van der Waals surface area (Å²) in [6.07, 6.45) is 0.115. The SMILES string of the molecule is O=C1Cn2c(C(=O)NCCN3CCC(F)(F)C3)nc(NC(=O)N3CCc4cc(F)c(F)cc43)c2CN1. The fourth-order valence-corrected chi connectivity index (χ4v) is 4.66. The second-order valence-electron chi connectivity index (χ2n) is 8.96. The minimum atomic E-state index is -2.73. The van der Waals surface area contributed by atoms with Crippen LogP contribution in [0.3, 0.4) is 0 Å². The van der Waals surface area contributed by atoms with Crippen LogP contribution in [0.4, 0.5) is 33.9 Å². The van der Waals surface area contributed by atoms with E-state index in [9.17, 15) is 31.9 Å². The van der Waals surface area contributed by atoms with Crippen LogP contribution in [0.5, 0.6) is 0 Å². The summed E-state index contributed by atoms with van der Waals surface area (Å²) in [7, 11) is 0. The highest BCUT2D eigenvalue weighted by atomic mass is 19.3. The van der Waals surface area contributed by atoms with Crippen molar-refractivity contribution in [3.63, 3.8) is 0 Å². The molecule has 3 aliphatic heterocycles. The second-order valence-corrected chi connectivity index (χ2v) is 8.96. The molecular formula is C22H23F4N7O3. The Bertz CT molecular complexity index is 1250. The van der Waals surface area contributed by atoms with Gasteiger partial charge in [-0.3, -0.25) is 24.7 Å². The monoisotopic (exact) mass is 509 g/mol. The molecule has 1 aromatic carbocycles. The molecule has 5 rings (SSSR count). The van der Waals surface area contributed by atoms with E-state index >= 15 is 0 Å². The number of hydrogen-bond donors (Lipinski definition) is 3. The zero-order valence-electron chi connectivity index (χ0n) is 19.0.